The average molecular weight is 314 g/mol. The molecule has 0 spiro atoms. The quantitative estimate of drug-likeness (QED) is 0.626. The first-order chi connectivity index (χ1) is 10.9. The van der Waals surface area contributed by atoms with E-state index in [1.807, 2.05) is 31.2 Å². The molecule has 0 aliphatic rings. The van der Waals surface area contributed by atoms with Crippen LogP contribution in [-0.2, 0) is 0 Å². The Morgan fingerprint density at radius 1 is 1.22 bits per heavy atom. The monoisotopic (exact) mass is 314 g/mol. The van der Waals surface area contributed by atoms with Gasteiger partial charge in [0.15, 0.2) is 0 Å². The molecular formula is C17H18N2O4. The number of methoxy groups -OCH3 is 1. The molecule has 0 heterocycles. The summed E-state index contributed by atoms with van der Waals surface area (Å²) in [5.41, 5.74) is 1.15. The zero-order valence-electron chi connectivity index (χ0n) is 13.2. The highest BCUT2D eigenvalue weighted by atomic mass is 16.6. The first-order valence-electron chi connectivity index (χ1n) is 7.09. The molecule has 1 atom stereocenters. The van der Waals surface area contributed by atoms with Gasteiger partial charge in [0.1, 0.15) is 5.75 Å². The Morgan fingerprint density at radius 3 is 2.43 bits per heavy atom. The highest BCUT2D eigenvalue weighted by molar-refractivity contribution is 5.94. The lowest BCUT2D eigenvalue weighted by Gasteiger charge is -2.25. The van der Waals surface area contributed by atoms with Crippen LogP contribution in [-0.4, -0.2) is 29.9 Å². The summed E-state index contributed by atoms with van der Waals surface area (Å²) in [5.74, 6) is 0.477. The van der Waals surface area contributed by atoms with E-state index in [1.54, 1.807) is 25.1 Å². The molecule has 0 saturated heterocycles. The third kappa shape index (κ3) is 3.66. The summed E-state index contributed by atoms with van der Waals surface area (Å²) in [7, 11) is 3.27. The van der Waals surface area contributed by atoms with Gasteiger partial charge >= 0.3 is 0 Å². The van der Waals surface area contributed by atoms with Gasteiger partial charge in [-0.05, 0) is 30.7 Å². The van der Waals surface area contributed by atoms with Crippen LogP contribution < -0.4 is 4.74 Å². The number of nitro groups is 1. The van der Waals surface area contributed by atoms with E-state index in [-0.39, 0.29) is 17.6 Å². The summed E-state index contributed by atoms with van der Waals surface area (Å²) in [6.45, 7) is 1.90. The molecular weight excluding hydrogens is 296 g/mol. The fraction of sp³-hybridized carbons (Fsp3) is 0.235. The molecule has 120 valence electrons. The van der Waals surface area contributed by atoms with Crippen molar-refractivity contribution in [3.63, 3.8) is 0 Å². The molecule has 0 fully saturated rings. The van der Waals surface area contributed by atoms with Crippen LogP contribution in [0.3, 0.4) is 0 Å². The third-order valence-corrected chi connectivity index (χ3v) is 3.80. The van der Waals surface area contributed by atoms with Crippen molar-refractivity contribution < 1.29 is 14.5 Å². The Bertz CT molecular complexity index is 713. The van der Waals surface area contributed by atoms with E-state index in [4.69, 9.17) is 4.74 Å². The normalized spacial score (nSPS) is 11.6. The molecule has 0 bridgehead atoms. The summed E-state index contributed by atoms with van der Waals surface area (Å²) < 4.78 is 5.12. The molecule has 23 heavy (non-hydrogen) atoms. The second kappa shape index (κ2) is 6.91. The van der Waals surface area contributed by atoms with Gasteiger partial charge in [0.2, 0.25) is 0 Å². The van der Waals surface area contributed by atoms with Gasteiger partial charge in [0.05, 0.1) is 18.1 Å². The van der Waals surface area contributed by atoms with Crippen molar-refractivity contribution in [1.29, 1.82) is 0 Å². The standard InChI is InChI=1S/C17H18N2O4/c1-12(13-7-9-16(23-3)10-8-13)18(2)17(20)14-5-4-6-15(11-14)19(21)22/h4-12H,1-3H3. The number of hydrogen-bond acceptors (Lipinski definition) is 4. The number of ether oxygens (including phenoxy) is 1. The SMILES string of the molecule is COc1ccc(C(C)N(C)C(=O)c2cccc([N+](=O)[O-])c2)cc1. The smallest absolute Gasteiger partial charge is 0.270 e. The van der Waals surface area contributed by atoms with Crippen LogP contribution >= 0.6 is 0 Å². The molecule has 2 rings (SSSR count). The molecule has 0 N–H and O–H groups in total. The molecule has 2 aromatic rings. The molecule has 2 aromatic carbocycles. The molecule has 6 heteroatoms. The Kier molecular flexibility index (Phi) is 4.95. The molecule has 0 aromatic heterocycles. The van der Waals surface area contributed by atoms with Gasteiger partial charge in [-0.3, -0.25) is 14.9 Å². The predicted molar refractivity (Wildman–Crippen MR) is 86.6 cm³/mol. The van der Waals surface area contributed by atoms with Crippen LogP contribution in [0.25, 0.3) is 0 Å². The average Bonchev–Trinajstić information content (AvgIpc) is 2.60. The van der Waals surface area contributed by atoms with E-state index in [2.05, 4.69) is 0 Å². The molecule has 0 aliphatic carbocycles. The fourth-order valence-corrected chi connectivity index (χ4v) is 2.24. The van der Waals surface area contributed by atoms with Crippen LogP contribution in [0.5, 0.6) is 5.75 Å². The van der Waals surface area contributed by atoms with Crippen LogP contribution in [0.4, 0.5) is 5.69 Å². The minimum atomic E-state index is -0.510. The minimum Gasteiger partial charge on any atom is -0.497 e. The van der Waals surface area contributed by atoms with E-state index < -0.39 is 4.92 Å². The van der Waals surface area contributed by atoms with E-state index in [0.717, 1.165) is 11.3 Å². The maximum atomic E-state index is 12.5. The van der Waals surface area contributed by atoms with Crippen molar-refractivity contribution in [2.45, 2.75) is 13.0 Å². The van der Waals surface area contributed by atoms with Crippen LogP contribution in [0.2, 0.25) is 0 Å². The molecule has 0 aliphatic heterocycles. The highest BCUT2D eigenvalue weighted by Gasteiger charge is 2.20. The van der Waals surface area contributed by atoms with Gasteiger partial charge in [0, 0.05) is 24.7 Å². The van der Waals surface area contributed by atoms with Gasteiger partial charge < -0.3 is 9.64 Å². The second-order valence-electron chi connectivity index (χ2n) is 5.17. The second-order valence-corrected chi connectivity index (χ2v) is 5.17. The fourth-order valence-electron chi connectivity index (χ4n) is 2.24. The van der Waals surface area contributed by atoms with Crippen LogP contribution in [0.15, 0.2) is 48.5 Å². The van der Waals surface area contributed by atoms with Crippen molar-refractivity contribution in [3.8, 4) is 5.75 Å². The van der Waals surface area contributed by atoms with Crippen LogP contribution in [0.1, 0.15) is 28.9 Å². The number of hydrogen-bond donors (Lipinski definition) is 0. The van der Waals surface area contributed by atoms with Crippen molar-refractivity contribution in [3.05, 3.63) is 69.8 Å². The lowest BCUT2D eigenvalue weighted by Crippen LogP contribution is -2.29. The van der Waals surface area contributed by atoms with Gasteiger partial charge in [-0.1, -0.05) is 18.2 Å². The van der Waals surface area contributed by atoms with Crippen molar-refractivity contribution in [2.24, 2.45) is 0 Å². The van der Waals surface area contributed by atoms with Gasteiger partial charge in [-0.15, -0.1) is 0 Å². The van der Waals surface area contributed by atoms with Crippen molar-refractivity contribution in [2.75, 3.05) is 14.2 Å². The first-order valence-corrected chi connectivity index (χ1v) is 7.09. The Labute approximate surface area is 134 Å². The lowest BCUT2D eigenvalue weighted by molar-refractivity contribution is -0.384. The number of benzene rings is 2. The number of nitrogens with zero attached hydrogens (tertiary/aromatic N) is 2. The first kappa shape index (κ1) is 16.5. The topological polar surface area (TPSA) is 72.7 Å². The largest absolute Gasteiger partial charge is 0.497 e. The predicted octanol–water partition coefficient (Wildman–Crippen LogP) is 3.44. The summed E-state index contributed by atoms with van der Waals surface area (Å²) in [6.07, 6.45) is 0. The van der Waals surface area contributed by atoms with E-state index in [1.165, 1.54) is 18.2 Å². The number of rotatable bonds is 5. The molecule has 1 unspecified atom stereocenters. The Balaban J connectivity index is 2.20. The Hall–Kier alpha value is -2.89. The molecule has 1 amide bonds. The van der Waals surface area contributed by atoms with E-state index in [9.17, 15) is 14.9 Å². The van der Waals surface area contributed by atoms with Gasteiger partial charge in [0.25, 0.3) is 11.6 Å². The Morgan fingerprint density at radius 2 is 1.87 bits per heavy atom. The summed E-state index contributed by atoms with van der Waals surface area (Å²) in [4.78, 5) is 24.4. The van der Waals surface area contributed by atoms with E-state index >= 15 is 0 Å². The number of amides is 1. The lowest BCUT2D eigenvalue weighted by atomic mass is 10.1. The number of carbonyl (C=O) groups is 1. The molecule has 0 radical (unpaired) electrons. The maximum absolute atomic E-state index is 12.5. The minimum absolute atomic E-state index is 0.0960. The summed E-state index contributed by atoms with van der Waals surface area (Å²) >= 11 is 0. The summed E-state index contributed by atoms with van der Waals surface area (Å²) in [6, 6.07) is 13.0. The zero-order valence-corrected chi connectivity index (χ0v) is 13.2. The third-order valence-electron chi connectivity index (χ3n) is 3.80. The van der Waals surface area contributed by atoms with Crippen LogP contribution in [0, 0.1) is 10.1 Å². The van der Waals surface area contributed by atoms with Gasteiger partial charge in [-0.25, -0.2) is 0 Å². The molecule has 6 nitrogen and oxygen atoms in total. The number of nitro benzene ring substituents is 1. The maximum Gasteiger partial charge on any atom is 0.270 e. The highest BCUT2D eigenvalue weighted by Crippen LogP contribution is 2.24. The molecule has 0 saturated carbocycles. The van der Waals surface area contributed by atoms with Gasteiger partial charge in [-0.2, -0.15) is 0 Å². The number of non-ortho nitro benzene ring substituents is 1. The van der Waals surface area contributed by atoms with E-state index in [0.29, 0.717) is 5.56 Å². The van der Waals surface area contributed by atoms with Crippen molar-refractivity contribution >= 4 is 11.6 Å². The van der Waals surface area contributed by atoms with Crippen molar-refractivity contribution in [1.82, 2.24) is 4.90 Å². The summed E-state index contributed by atoms with van der Waals surface area (Å²) in [5, 5.41) is 10.8. The zero-order chi connectivity index (χ0) is 17.0. The number of carbonyl (C=O) groups excluding carboxylic acids is 1.